The number of ether oxygens (including phenoxy) is 1. The number of fused-ring (bicyclic) bond motifs is 1. The maximum Gasteiger partial charge on any atom is 0.389 e. The summed E-state index contributed by atoms with van der Waals surface area (Å²) in [5.41, 5.74) is 2.39. The maximum atomic E-state index is 12.1. The van der Waals surface area contributed by atoms with Gasteiger partial charge in [0.2, 0.25) is 0 Å². The second-order valence-corrected chi connectivity index (χ2v) is 5.39. The van der Waals surface area contributed by atoms with Crippen LogP contribution in [0.5, 0.6) is 5.75 Å². The minimum atomic E-state index is -4.10. The van der Waals surface area contributed by atoms with Gasteiger partial charge in [-0.15, -0.1) is 0 Å². The van der Waals surface area contributed by atoms with E-state index in [1.165, 1.54) is 5.56 Å². The zero-order valence-electron chi connectivity index (χ0n) is 12.3. The lowest BCUT2D eigenvalue weighted by Crippen LogP contribution is -2.25. The Balaban J connectivity index is 1.99. The molecule has 1 N–H and O–H groups in total. The number of rotatable bonds is 6. The summed E-state index contributed by atoms with van der Waals surface area (Å²) >= 11 is 0. The van der Waals surface area contributed by atoms with Gasteiger partial charge in [-0.25, -0.2) is 0 Å². The highest BCUT2D eigenvalue weighted by atomic mass is 19.4. The second kappa shape index (κ2) is 7.16. The van der Waals surface area contributed by atoms with Gasteiger partial charge in [-0.2, -0.15) is 13.2 Å². The predicted octanol–water partition coefficient (Wildman–Crippen LogP) is 4.39. The fourth-order valence-corrected chi connectivity index (χ4v) is 2.86. The molecule has 118 valence electrons. The Labute approximate surface area is 123 Å². The smallest absolute Gasteiger partial charge is 0.389 e. The van der Waals surface area contributed by atoms with Gasteiger partial charge in [0.25, 0.3) is 0 Å². The van der Waals surface area contributed by atoms with E-state index in [1.807, 2.05) is 12.1 Å². The lowest BCUT2D eigenvalue weighted by atomic mass is 9.87. The molecule has 21 heavy (non-hydrogen) atoms. The van der Waals surface area contributed by atoms with Crippen LogP contribution in [-0.4, -0.2) is 19.3 Å². The first-order valence-electron chi connectivity index (χ1n) is 7.56. The molecule has 2 nitrogen and oxygen atoms in total. The molecule has 0 fully saturated rings. The molecule has 0 amide bonds. The molecular formula is C16H22F3NO. The van der Waals surface area contributed by atoms with E-state index in [0.717, 1.165) is 37.1 Å². The first kappa shape index (κ1) is 16.1. The zero-order valence-corrected chi connectivity index (χ0v) is 12.3. The van der Waals surface area contributed by atoms with Gasteiger partial charge in [-0.05, 0) is 49.4 Å². The molecule has 0 spiro atoms. The van der Waals surface area contributed by atoms with Crippen molar-refractivity contribution in [2.75, 3.05) is 13.2 Å². The molecule has 1 unspecified atom stereocenters. The van der Waals surface area contributed by atoms with Crippen LogP contribution < -0.4 is 10.1 Å². The van der Waals surface area contributed by atoms with Gasteiger partial charge in [-0.3, -0.25) is 0 Å². The quantitative estimate of drug-likeness (QED) is 0.787. The standard InChI is InChI=1S/C16H22F3NO/c1-2-20-14-8-3-7-13-12(14)6-4-9-15(13)21-11-5-10-16(17,18)19/h4,6,9,14,20H,2-3,5,7-8,10-11H2,1H3. The van der Waals surface area contributed by atoms with Gasteiger partial charge >= 0.3 is 6.18 Å². The monoisotopic (exact) mass is 301 g/mol. The van der Waals surface area contributed by atoms with E-state index in [9.17, 15) is 13.2 Å². The predicted molar refractivity (Wildman–Crippen MR) is 76.6 cm³/mol. The fraction of sp³-hybridized carbons (Fsp3) is 0.625. The minimum Gasteiger partial charge on any atom is -0.493 e. The van der Waals surface area contributed by atoms with Crippen molar-refractivity contribution >= 4 is 0 Å². The van der Waals surface area contributed by atoms with Crippen LogP contribution in [0.2, 0.25) is 0 Å². The van der Waals surface area contributed by atoms with Gasteiger partial charge in [0.05, 0.1) is 6.61 Å². The molecule has 0 aliphatic heterocycles. The average molecular weight is 301 g/mol. The first-order chi connectivity index (χ1) is 10.0. The zero-order chi connectivity index (χ0) is 15.3. The number of hydrogen-bond acceptors (Lipinski definition) is 2. The molecule has 1 aliphatic rings. The largest absolute Gasteiger partial charge is 0.493 e. The molecule has 0 radical (unpaired) electrons. The van der Waals surface area contributed by atoms with Crippen molar-refractivity contribution in [3.05, 3.63) is 29.3 Å². The SMILES string of the molecule is CCNC1CCCc2c(OCCCC(F)(F)F)cccc21. The van der Waals surface area contributed by atoms with Crippen molar-refractivity contribution in [1.29, 1.82) is 0 Å². The highest BCUT2D eigenvalue weighted by Crippen LogP contribution is 2.35. The number of hydrogen-bond donors (Lipinski definition) is 1. The van der Waals surface area contributed by atoms with Crippen molar-refractivity contribution in [3.8, 4) is 5.75 Å². The van der Waals surface area contributed by atoms with E-state index < -0.39 is 12.6 Å². The van der Waals surface area contributed by atoms with Crippen LogP contribution in [-0.2, 0) is 6.42 Å². The van der Waals surface area contributed by atoms with E-state index in [0.29, 0.717) is 6.04 Å². The molecule has 0 aromatic heterocycles. The normalized spacial score (nSPS) is 18.4. The van der Waals surface area contributed by atoms with E-state index in [1.54, 1.807) is 0 Å². The van der Waals surface area contributed by atoms with Gasteiger partial charge in [-0.1, -0.05) is 19.1 Å². The van der Waals surface area contributed by atoms with Crippen molar-refractivity contribution in [2.45, 2.75) is 51.2 Å². The van der Waals surface area contributed by atoms with Crippen LogP contribution in [0.4, 0.5) is 13.2 Å². The van der Waals surface area contributed by atoms with Crippen molar-refractivity contribution in [3.63, 3.8) is 0 Å². The summed E-state index contributed by atoms with van der Waals surface area (Å²) in [6.45, 7) is 3.09. The van der Waals surface area contributed by atoms with E-state index in [2.05, 4.69) is 18.3 Å². The molecule has 0 bridgehead atoms. The first-order valence-corrected chi connectivity index (χ1v) is 7.56. The van der Waals surface area contributed by atoms with Crippen molar-refractivity contribution < 1.29 is 17.9 Å². The highest BCUT2D eigenvalue weighted by Gasteiger charge is 2.26. The van der Waals surface area contributed by atoms with Crippen LogP contribution in [0.3, 0.4) is 0 Å². The van der Waals surface area contributed by atoms with Crippen LogP contribution in [0, 0.1) is 0 Å². The Hall–Kier alpha value is -1.23. The van der Waals surface area contributed by atoms with Crippen LogP contribution in [0.1, 0.15) is 49.8 Å². The molecule has 5 heteroatoms. The van der Waals surface area contributed by atoms with Gasteiger partial charge in [0.1, 0.15) is 5.75 Å². The molecule has 0 saturated carbocycles. The molecule has 2 rings (SSSR count). The molecule has 1 atom stereocenters. The van der Waals surface area contributed by atoms with E-state index in [4.69, 9.17) is 4.74 Å². The average Bonchev–Trinajstić information content (AvgIpc) is 2.43. The summed E-state index contributed by atoms with van der Waals surface area (Å²) in [7, 11) is 0. The minimum absolute atomic E-state index is 0.00378. The molecule has 0 heterocycles. The van der Waals surface area contributed by atoms with Crippen LogP contribution in [0.25, 0.3) is 0 Å². The Kier molecular flexibility index (Phi) is 5.51. The van der Waals surface area contributed by atoms with E-state index in [-0.39, 0.29) is 13.0 Å². The summed E-state index contributed by atoms with van der Waals surface area (Å²) in [6.07, 6.45) is -1.78. The van der Waals surface area contributed by atoms with E-state index >= 15 is 0 Å². The lowest BCUT2D eigenvalue weighted by Gasteiger charge is -2.27. The topological polar surface area (TPSA) is 21.3 Å². The molecule has 1 aromatic carbocycles. The highest BCUT2D eigenvalue weighted by molar-refractivity contribution is 5.43. The fourth-order valence-electron chi connectivity index (χ4n) is 2.86. The Morgan fingerprint density at radius 3 is 2.86 bits per heavy atom. The van der Waals surface area contributed by atoms with Gasteiger partial charge < -0.3 is 10.1 Å². The Morgan fingerprint density at radius 2 is 2.14 bits per heavy atom. The molecule has 0 saturated heterocycles. The summed E-state index contributed by atoms with van der Waals surface area (Å²) in [6, 6.07) is 6.20. The lowest BCUT2D eigenvalue weighted by molar-refractivity contribution is -0.136. The van der Waals surface area contributed by atoms with Crippen LogP contribution in [0.15, 0.2) is 18.2 Å². The third-order valence-electron chi connectivity index (χ3n) is 3.78. The van der Waals surface area contributed by atoms with Crippen molar-refractivity contribution in [1.82, 2.24) is 5.32 Å². The number of nitrogens with one attached hydrogen (secondary N) is 1. The summed E-state index contributed by atoms with van der Waals surface area (Å²) < 4.78 is 42.0. The third-order valence-corrected chi connectivity index (χ3v) is 3.78. The number of benzene rings is 1. The molecule has 1 aliphatic carbocycles. The number of alkyl halides is 3. The summed E-state index contributed by atoms with van der Waals surface area (Å²) in [5, 5.41) is 3.45. The second-order valence-electron chi connectivity index (χ2n) is 5.39. The summed E-state index contributed by atoms with van der Waals surface area (Å²) in [5.74, 6) is 0.747. The Morgan fingerprint density at radius 1 is 1.33 bits per heavy atom. The van der Waals surface area contributed by atoms with Crippen molar-refractivity contribution in [2.24, 2.45) is 0 Å². The van der Waals surface area contributed by atoms with Gasteiger partial charge in [0.15, 0.2) is 0 Å². The summed E-state index contributed by atoms with van der Waals surface area (Å²) in [4.78, 5) is 0. The molecular weight excluding hydrogens is 279 g/mol. The number of halogens is 3. The van der Waals surface area contributed by atoms with Crippen LogP contribution >= 0.6 is 0 Å². The van der Waals surface area contributed by atoms with Gasteiger partial charge in [0, 0.05) is 12.5 Å². The maximum absolute atomic E-state index is 12.1. The Bertz CT molecular complexity index is 459. The third kappa shape index (κ3) is 4.63. The molecule has 1 aromatic rings.